The third-order valence-electron chi connectivity index (χ3n) is 6.75. The highest BCUT2D eigenvalue weighted by Gasteiger charge is 2.28. The van der Waals surface area contributed by atoms with Gasteiger partial charge < -0.3 is 9.13 Å². The first-order chi connectivity index (χ1) is 17.7. The first-order valence-corrected chi connectivity index (χ1v) is 12.1. The standard InChI is InChI=1S/C29H27N7/c1-34-25-15-5-3-11-21(25)32-27(34)19-36(20-28-33-22-12-4-6-16-26(22)35(28)2)29(23-13-7-9-17-30-23)24-14-8-10-18-31-24/h3-18,29H,19-20H2,1-2H3. The average Bonchev–Trinajstić information content (AvgIpc) is 3.41. The molecule has 4 heterocycles. The van der Waals surface area contributed by atoms with Crippen LogP contribution in [0.25, 0.3) is 22.1 Å². The number of aromatic nitrogens is 6. The predicted octanol–water partition coefficient (Wildman–Crippen LogP) is 5.04. The van der Waals surface area contributed by atoms with E-state index in [0.29, 0.717) is 13.1 Å². The molecule has 7 nitrogen and oxygen atoms in total. The lowest BCUT2D eigenvalue weighted by atomic mass is 10.1. The molecule has 36 heavy (non-hydrogen) atoms. The van der Waals surface area contributed by atoms with E-state index >= 15 is 0 Å². The highest BCUT2D eigenvalue weighted by molar-refractivity contribution is 5.76. The molecule has 0 aliphatic heterocycles. The molecule has 0 aliphatic rings. The molecule has 0 radical (unpaired) electrons. The molecule has 6 aromatic rings. The second-order valence-corrected chi connectivity index (χ2v) is 8.97. The van der Waals surface area contributed by atoms with E-state index in [-0.39, 0.29) is 6.04 Å². The molecule has 0 atom stereocenters. The van der Waals surface area contributed by atoms with E-state index in [0.717, 1.165) is 45.1 Å². The molecule has 6 rings (SSSR count). The van der Waals surface area contributed by atoms with Crippen LogP contribution in [0, 0.1) is 0 Å². The molecule has 0 N–H and O–H groups in total. The normalized spacial score (nSPS) is 11.8. The number of para-hydroxylation sites is 4. The van der Waals surface area contributed by atoms with E-state index in [4.69, 9.17) is 19.9 Å². The number of nitrogens with zero attached hydrogens (tertiary/aromatic N) is 7. The summed E-state index contributed by atoms with van der Waals surface area (Å²) in [7, 11) is 4.16. The highest BCUT2D eigenvalue weighted by atomic mass is 15.2. The van der Waals surface area contributed by atoms with Crippen molar-refractivity contribution in [3.05, 3.63) is 120 Å². The van der Waals surface area contributed by atoms with Crippen molar-refractivity contribution in [2.45, 2.75) is 19.1 Å². The van der Waals surface area contributed by atoms with Crippen LogP contribution in [0.5, 0.6) is 0 Å². The van der Waals surface area contributed by atoms with Gasteiger partial charge in [0.15, 0.2) is 0 Å². The van der Waals surface area contributed by atoms with Gasteiger partial charge in [0.2, 0.25) is 0 Å². The molecule has 0 unspecified atom stereocenters. The summed E-state index contributed by atoms with van der Waals surface area (Å²) in [5.41, 5.74) is 6.09. The first kappa shape index (κ1) is 22.1. The van der Waals surface area contributed by atoms with Gasteiger partial charge in [-0.25, -0.2) is 9.97 Å². The second-order valence-electron chi connectivity index (χ2n) is 8.97. The van der Waals surface area contributed by atoms with Crippen molar-refractivity contribution in [3.8, 4) is 0 Å². The Morgan fingerprint density at radius 3 is 1.47 bits per heavy atom. The summed E-state index contributed by atoms with van der Waals surface area (Å²) in [6, 6.07) is 28.4. The lowest BCUT2D eigenvalue weighted by Crippen LogP contribution is -2.32. The summed E-state index contributed by atoms with van der Waals surface area (Å²) < 4.78 is 4.34. The van der Waals surface area contributed by atoms with Gasteiger partial charge in [-0.3, -0.25) is 14.9 Å². The van der Waals surface area contributed by atoms with Crippen molar-refractivity contribution in [2.24, 2.45) is 14.1 Å². The molecule has 178 valence electrons. The topological polar surface area (TPSA) is 64.7 Å². The predicted molar refractivity (Wildman–Crippen MR) is 141 cm³/mol. The Balaban J connectivity index is 1.49. The van der Waals surface area contributed by atoms with Gasteiger partial charge >= 0.3 is 0 Å². The average molecular weight is 474 g/mol. The van der Waals surface area contributed by atoms with Crippen molar-refractivity contribution in [2.75, 3.05) is 0 Å². The Hall–Kier alpha value is -4.36. The van der Waals surface area contributed by atoms with E-state index in [1.807, 2.05) is 48.8 Å². The van der Waals surface area contributed by atoms with Crippen LogP contribution in [-0.2, 0) is 27.2 Å². The lowest BCUT2D eigenvalue weighted by Gasteiger charge is -2.30. The van der Waals surface area contributed by atoms with Crippen LogP contribution in [0.2, 0.25) is 0 Å². The van der Waals surface area contributed by atoms with Gasteiger partial charge in [0, 0.05) is 26.5 Å². The third-order valence-corrected chi connectivity index (χ3v) is 6.75. The Bertz CT molecular complexity index is 1500. The van der Waals surface area contributed by atoms with Crippen LogP contribution < -0.4 is 0 Å². The van der Waals surface area contributed by atoms with Gasteiger partial charge in [-0.15, -0.1) is 0 Å². The zero-order valence-electron chi connectivity index (χ0n) is 20.4. The van der Waals surface area contributed by atoms with Gasteiger partial charge in [-0.2, -0.15) is 0 Å². The Morgan fingerprint density at radius 2 is 1.06 bits per heavy atom. The molecule has 0 spiro atoms. The summed E-state index contributed by atoms with van der Waals surface area (Å²) in [6.07, 6.45) is 3.68. The fourth-order valence-electron chi connectivity index (χ4n) is 4.88. The van der Waals surface area contributed by atoms with Crippen molar-refractivity contribution in [1.82, 2.24) is 34.0 Å². The Kier molecular flexibility index (Phi) is 5.75. The Morgan fingerprint density at radius 1 is 0.611 bits per heavy atom. The van der Waals surface area contributed by atoms with Gasteiger partial charge in [0.05, 0.1) is 52.6 Å². The molecule has 0 saturated carbocycles. The summed E-state index contributed by atoms with van der Waals surface area (Å²) >= 11 is 0. The molecular formula is C29H27N7. The maximum absolute atomic E-state index is 4.98. The maximum Gasteiger partial charge on any atom is 0.123 e. The quantitative estimate of drug-likeness (QED) is 0.325. The number of hydrogen-bond acceptors (Lipinski definition) is 5. The van der Waals surface area contributed by atoms with Crippen LogP contribution in [0.3, 0.4) is 0 Å². The number of pyridine rings is 2. The van der Waals surface area contributed by atoms with Crippen molar-refractivity contribution >= 4 is 22.1 Å². The molecule has 0 saturated heterocycles. The van der Waals surface area contributed by atoms with Crippen molar-refractivity contribution < 1.29 is 0 Å². The van der Waals surface area contributed by atoms with E-state index in [2.05, 4.69) is 76.7 Å². The summed E-state index contributed by atoms with van der Waals surface area (Å²) in [6.45, 7) is 1.21. The summed E-state index contributed by atoms with van der Waals surface area (Å²) in [4.78, 5) is 21.8. The molecule has 0 bridgehead atoms. The zero-order chi connectivity index (χ0) is 24.5. The smallest absolute Gasteiger partial charge is 0.123 e. The largest absolute Gasteiger partial charge is 0.330 e. The van der Waals surface area contributed by atoms with Gasteiger partial charge in [0.25, 0.3) is 0 Å². The fourth-order valence-corrected chi connectivity index (χ4v) is 4.88. The van der Waals surface area contributed by atoms with Crippen molar-refractivity contribution in [1.29, 1.82) is 0 Å². The van der Waals surface area contributed by atoms with E-state index in [9.17, 15) is 0 Å². The number of imidazole rings is 2. The van der Waals surface area contributed by atoms with Gasteiger partial charge in [-0.05, 0) is 48.5 Å². The van der Waals surface area contributed by atoms with Gasteiger partial charge in [0.1, 0.15) is 11.6 Å². The molecule has 0 aliphatic carbocycles. The highest BCUT2D eigenvalue weighted by Crippen LogP contribution is 2.30. The molecule has 0 amide bonds. The Labute approximate surface area is 209 Å². The molecule has 2 aromatic carbocycles. The summed E-state index contributed by atoms with van der Waals surface area (Å²) in [5.74, 6) is 1.96. The lowest BCUT2D eigenvalue weighted by molar-refractivity contribution is 0.187. The van der Waals surface area contributed by atoms with Crippen LogP contribution in [-0.4, -0.2) is 34.0 Å². The van der Waals surface area contributed by atoms with Crippen LogP contribution in [0.4, 0.5) is 0 Å². The minimum atomic E-state index is -0.174. The number of rotatable bonds is 7. The SMILES string of the molecule is Cn1c(CN(Cc2nc3ccccc3n2C)C(c2ccccn2)c2ccccn2)nc2ccccc21. The van der Waals surface area contributed by atoms with Crippen LogP contribution >= 0.6 is 0 Å². The number of fused-ring (bicyclic) bond motifs is 2. The monoisotopic (exact) mass is 473 g/mol. The first-order valence-electron chi connectivity index (χ1n) is 12.1. The maximum atomic E-state index is 4.98. The minimum Gasteiger partial charge on any atom is -0.330 e. The molecule has 4 aromatic heterocycles. The molecule has 7 heteroatoms. The van der Waals surface area contributed by atoms with Crippen LogP contribution in [0.15, 0.2) is 97.3 Å². The minimum absolute atomic E-state index is 0.174. The fraction of sp³-hybridized carbons (Fsp3) is 0.172. The number of benzene rings is 2. The van der Waals surface area contributed by atoms with Gasteiger partial charge in [-0.1, -0.05) is 36.4 Å². The molecule has 0 fully saturated rings. The second kappa shape index (κ2) is 9.36. The van der Waals surface area contributed by atoms with E-state index in [1.165, 1.54) is 0 Å². The molecular weight excluding hydrogens is 446 g/mol. The third kappa shape index (κ3) is 4.03. The van der Waals surface area contributed by atoms with E-state index in [1.54, 1.807) is 0 Å². The van der Waals surface area contributed by atoms with Crippen LogP contribution in [0.1, 0.15) is 29.1 Å². The number of hydrogen-bond donors (Lipinski definition) is 0. The number of aryl methyl sites for hydroxylation is 2. The summed E-state index contributed by atoms with van der Waals surface area (Å²) in [5, 5.41) is 0. The van der Waals surface area contributed by atoms with Crippen molar-refractivity contribution in [3.63, 3.8) is 0 Å². The van der Waals surface area contributed by atoms with E-state index < -0.39 is 0 Å². The zero-order valence-corrected chi connectivity index (χ0v) is 20.4.